The summed E-state index contributed by atoms with van der Waals surface area (Å²) in [7, 11) is 0. The molecule has 0 bridgehead atoms. The van der Waals surface area contributed by atoms with E-state index < -0.39 is 17.5 Å². The third-order valence-corrected chi connectivity index (χ3v) is 3.32. The molecule has 0 aliphatic carbocycles. The first-order valence-electron chi connectivity index (χ1n) is 6.02. The van der Waals surface area contributed by atoms with Gasteiger partial charge in [-0.15, -0.1) is 0 Å². The largest absolute Gasteiger partial charge is 0.417 e. The molecule has 0 saturated carbocycles. The minimum Gasteiger partial charge on any atom is -0.289 e. The third-order valence-electron chi connectivity index (χ3n) is 2.79. The van der Waals surface area contributed by atoms with Gasteiger partial charge in [0, 0.05) is 10.0 Å². The summed E-state index contributed by atoms with van der Waals surface area (Å²) in [4.78, 5) is 12.0. The lowest BCUT2D eigenvalue weighted by Gasteiger charge is -2.12. The van der Waals surface area contributed by atoms with E-state index in [2.05, 4.69) is 15.9 Å². The molecular weight excluding hydrogens is 345 g/mol. The standard InChI is InChI=1S/C16H10BrF3O/c17-13-8-6-11(7-9-13)14(16(18,19)20)10-15(21)12-4-2-1-3-5-12/h1-10H/b14-10+. The Morgan fingerprint density at radius 1 is 0.905 bits per heavy atom. The molecule has 21 heavy (non-hydrogen) atoms. The van der Waals surface area contributed by atoms with Crippen LogP contribution in [0, 0.1) is 0 Å². The summed E-state index contributed by atoms with van der Waals surface area (Å²) >= 11 is 3.16. The molecular formula is C16H10BrF3O. The van der Waals surface area contributed by atoms with Crippen molar-refractivity contribution in [2.24, 2.45) is 0 Å². The highest BCUT2D eigenvalue weighted by molar-refractivity contribution is 9.10. The van der Waals surface area contributed by atoms with Crippen molar-refractivity contribution in [3.05, 3.63) is 76.3 Å². The topological polar surface area (TPSA) is 17.1 Å². The normalized spacial score (nSPS) is 12.3. The van der Waals surface area contributed by atoms with Gasteiger partial charge in [0.05, 0.1) is 5.57 Å². The second-order valence-electron chi connectivity index (χ2n) is 4.29. The zero-order valence-corrected chi connectivity index (χ0v) is 12.3. The fourth-order valence-corrected chi connectivity index (χ4v) is 2.04. The molecule has 0 saturated heterocycles. The second-order valence-corrected chi connectivity index (χ2v) is 5.21. The summed E-state index contributed by atoms with van der Waals surface area (Å²) in [5, 5.41) is 0. The van der Waals surface area contributed by atoms with Crippen molar-refractivity contribution in [2.45, 2.75) is 6.18 Å². The van der Waals surface area contributed by atoms with Gasteiger partial charge >= 0.3 is 6.18 Å². The SMILES string of the molecule is O=C(/C=C(\c1ccc(Br)cc1)C(F)(F)F)c1ccccc1. The van der Waals surface area contributed by atoms with Crippen molar-refractivity contribution in [1.29, 1.82) is 0 Å². The van der Waals surface area contributed by atoms with Crippen LogP contribution in [0.5, 0.6) is 0 Å². The van der Waals surface area contributed by atoms with E-state index in [9.17, 15) is 18.0 Å². The van der Waals surface area contributed by atoms with Crippen molar-refractivity contribution < 1.29 is 18.0 Å². The van der Waals surface area contributed by atoms with Gasteiger partial charge in [0.2, 0.25) is 0 Å². The molecule has 108 valence electrons. The first kappa shape index (κ1) is 15.5. The van der Waals surface area contributed by atoms with Crippen molar-refractivity contribution in [3.63, 3.8) is 0 Å². The summed E-state index contributed by atoms with van der Waals surface area (Å²) in [6.07, 6.45) is -3.96. The Hall–Kier alpha value is -1.88. The van der Waals surface area contributed by atoms with Crippen LogP contribution >= 0.6 is 15.9 Å². The number of halogens is 4. The van der Waals surface area contributed by atoms with Gasteiger partial charge in [-0.05, 0) is 23.8 Å². The van der Waals surface area contributed by atoms with E-state index in [1.165, 1.54) is 36.4 Å². The molecule has 0 unspecified atom stereocenters. The minimum atomic E-state index is -4.60. The van der Waals surface area contributed by atoms with Crippen molar-refractivity contribution in [3.8, 4) is 0 Å². The lowest BCUT2D eigenvalue weighted by Crippen LogP contribution is -2.12. The quantitative estimate of drug-likeness (QED) is 0.541. The molecule has 0 aliphatic rings. The van der Waals surface area contributed by atoms with E-state index in [4.69, 9.17) is 0 Å². The number of rotatable bonds is 3. The molecule has 5 heteroatoms. The van der Waals surface area contributed by atoms with Gasteiger partial charge in [0.1, 0.15) is 0 Å². The number of hydrogen-bond donors (Lipinski definition) is 0. The van der Waals surface area contributed by atoms with Crippen LogP contribution in [0.2, 0.25) is 0 Å². The number of alkyl halides is 3. The zero-order valence-electron chi connectivity index (χ0n) is 10.7. The first-order valence-corrected chi connectivity index (χ1v) is 6.81. The highest BCUT2D eigenvalue weighted by Crippen LogP contribution is 2.34. The number of allylic oxidation sites excluding steroid dienone is 2. The minimum absolute atomic E-state index is 0.0463. The smallest absolute Gasteiger partial charge is 0.289 e. The van der Waals surface area contributed by atoms with Crippen LogP contribution < -0.4 is 0 Å². The van der Waals surface area contributed by atoms with Crippen LogP contribution in [0.15, 0.2) is 65.1 Å². The molecule has 0 amide bonds. The van der Waals surface area contributed by atoms with E-state index in [0.717, 1.165) is 0 Å². The van der Waals surface area contributed by atoms with Gasteiger partial charge in [0.15, 0.2) is 5.78 Å². The second kappa shape index (κ2) is 6.26. The Balaban J connectivity index is 2.44. The van der Waals surface area contributed by atoms with Crippen LogP contribution in [0.25, 0.3) is 5.57 Å². The highest BCUT2D eigenvalue weighted by atomic mass is 79.9. The van der Waals surface area contributed by atoms with Crippen LogP contribution in [0.3, 0.4) is 0 Å². The lowest BCUT2D eigenvalue weighted by molar-refractivity contribution is -0.0689. The van der Waals surface area contributed by atoms with E-state index in [1.54, 1.807) is 18.2 Å². The summed E-state index contributed by atoms with van der Waals surface area (Å²) in [6.45, 7) is 0. The zero-order chi connectivity index (χ0) is 15.5. The molecule has 0 aliphatic heterocycles. The Bertz CT molecular complexity index is 658. The van der Waals surface area contributed by atoms with Crippen LogP contribution in [-0.4, -0.2) is 12.0 Å². The van der Waals surface area contributed by atoms with E-state index in [1.807, 2.05) is 0 Å². The molecule has 0 N–H and O–H groups in total. The maximum Gasteiger partial charge on any atom is 0.417 e. The Kier molecular flexibility index (Phi) is 4.63. The maximum atomic E-state index is 13.2. The Morgan fingerprint density at radius 2 is 1.48 bits per heavy atom. The number of carbonyl (C=O) groups is 1. The predicted octanol–water partition coefficient (Wildman–Crippen LogP) is 5.28. The Morgan fingerprint density at radius 3 is 2.00 bits per heavy atom. The summed E-state index contributed by atoms with van der Waals surface area (Å²) in [6, 6.07) is 13.5. The average molecular weight is 355 g/mol. The number of ketones is 1. The van der Waals surface area contributed by atoms with Gasteiger partial charge in [-0.3, -0.25) is 4.79 Å². The molecule has 0 aromatic heterocycles. The van der Waals surface area contributed by atoms with E-state index in [-0.39, 0.29) is 11.1 Å². The number of benzene rings is 2. The lowest BCUT2D eigenvalue weighted by atomic mass is 10.0. The van der Waals surface area contributed by atoms with Crippen molar-refractivity contribution in [1.82, 2.24) is 0 Å². The fourth-order valence-electron chi connectivity index (χ4n) is 1.78. The number of carbonyl (C=O) groups excluding carboxylic acids is 1. The Labute approximate surface area is 128 Å². The average Bonchev–Trinajstić information content (AvgIpc) is 2.45. The summed E-state index contributed by atoms with van der Waals surface area (Å²) in [5.41, 5.74) is -0.782. The first-order chi connectivity index (χ1) is 9.88. The molecule has 1 nitrogen and oxygen atoms in total. The van der Waals surface area contributed by atoms with E-state index in [0.29, 0.717) is 10.5 Å². The van der Waals surface area contributed by atoms with Gasteiger partial charge in [-0.1, -0.05) is 58.4 Å². The summed E-state index contributed by atoms with van der Waals surface area (Å²) < 4.78 is 40.1. The van der Waals surface area contributed by atoms with Crippen LogP contribution in [0.4, 0.5) is 13.2 Å². The van der Waals surface area contributed by atoms with E-state index >= 15 is 0 Å². The molecule has 2 aromatic carbocycles. The fraction of sp³-hybridized carbons (Fsp3) is 0.0625. The monoisotopic (exact) mass is 354 g/mol. The molecule has 0 atom stereocenters. The van der Waals surface area contributed by atoms with Gasteiger partial charge in [-0.2, -0.15) is 13.2 Å². The van der Waals surface area contributed by atoms with Gasteiger partial charge < -0.3 is 0 Å². The summed E-state index contributed by atoms with van der Waals surface area (Å²) in [5.74, 6) is -0.675. The number of hydrogen-bond acceptors (Lipinski definition) is 1. The molecule has 0 spiro atoms. The van der Waals surface area contributed by atoms with Crippen LogP contribution in [-0.2, 0) is 0 Å². The molecule has 0 radical (unpaired) electrons. The maximum absolute atomic E-state index is 13.2. The highest BCUT2D eigenvalue weighted by Gasteiger charge is 2.35. The molecule has 2 rings (SSSR count). The van der Waals surface area contributed by atoms with Gasteiger partial charge in [-0.25, -0.2) is 0 Å². The third kappa shape index (κ3) is 4.04. The molecule has 0 heterocycles. The van der Waals surface area contributed by atoms with Crippen molar-refractivity contribution in [2.75, 3.05) is 0 Å². The van der Waals surface area contributed by atoms with Gasteiger partial charge in [0.25, 0.3) is 0 Å². The van der Waals surface area contributed by atoms with Crippen molar-refractivity contribution >= 4 is 27.3 Å². The van der Waals surface area contributed by atoms with Crippen LogP contribution in [0.1, 0.15) is 15.9 Å². The molecule has 0 fully saturated rings. The predicted molar refractivity (Wildman–Crippen MR) is 78.9 cm³/mol. The molecule has 2 aromatic rings.